The lowest BCUT2D eigenvalue weighted by atomic mass is 10.2. The van der Waals surface area contributed by atoms with Gasteiger partial charge in [0.05, 0.1) is 0 Å². The predicted molar refractivity (Wildman–Crippen MR) is 92.1 cm³/mol. The first-order valence-corrected chi connectivity index (χ1v) is 8.83. The Morgan fingerprint density at radius 1 is 1.39 bits per heavy atom. The molecule has 1 atom stereocenters. The maximum atomic E-state index is 12.4. The van der Waals surface area contributed by atoms with E-state index in [9.17, 15) is 9.59 Å². The molecule has 1 aromatic carbocycles. The number of anilines is 1. The van der Waals surface area contributed by atoms with E-state index in [0.717, 1.165) is 21.5 Å². The molecule has 1 aliphatic rings. The van der Waals surface area contributed by atoms with Gasteiger partial charge in [-0.3, -0.25) is 14.9 Å². The summed E-state index contributed by atoms with van der Waals surface area (Å²) in [6.07, 6.45) is 1.53. The number of hydrogen-bond acceptors (Lipinski definition) is 5. The van der Waals surface area contributed by atoms with Gasteiger partial charge in [-0.25, -0.2) is 0 Å². The number of benzene rings is 1. The van der Waals surface area contributed by atoms with Gasteiger partial charge in [-0.15, -0.1) is 10.2 Å². The third-order valence-corrected chi connectivity index (χ3v) is 5.07. The number of nitrogens with one attached hydrogen (secondary N) is 1. The molecule has 2 heterocycles. The molecule has 6 nitrogen and oxygen atoms in total. The second-order valence-corrected chi connectivity index (χ2v) is 7.18. The van der Waals surface area contributed by atoms with Gasteiger partial charge in [-0.05, 0) is 25.0 Å². The van der Waals surface area contributed by atoms with Crippen molar-refractivity contribution in [3.05, 3.63) is 28.7 Å². The van der Waals surface area contributed by atoms with Crippen LogP contribution in [0.25, 0.3) is 10.6 Å². The predicted octanol–water partition coefficient (Wildman–Crippen LogP) is 2.92. The highest BCUT2D eigenvalue weighted by Crippen LogP contribution is 2.28. The SMILES string of the molecule is CC(=O)N1CCCC1C(=O)Nc1nnc(-c2cccc(Br)c2)s1. The summed E-state index contributed by atoms with van der Waals surface area (Å²) in [5, 5.41) is 12.1. The van der Waals surface area contributed by atoms with Gasteiger partial charge in [-0.2, -0.15) is 0 Å². The zero-order chi connectivity index (χ0) is 16.4. The topological polar surface area (TPSA) is 75.2 Å². The van der Waals surface area contributed by atoms with Crippen LogP contribution in [0.4, 0.5) is 5.13 Å². The average Bonchev–Trinajstić information content (AvgIpc) is 3.16. The summed E-state index contributed by atoms with van der Waals surface area (Å²) in [5.74, 6) is -0.274. The Hall–Kier alpha value is -1.80. The Kier molecular flexibility index (Phi) is 4.72. The largest absolute Gasteiger partial charge is 0.331 e. The third kappa shape index (κ3) is 3.59. The van der Waals surface area contributed by atoms with E-state index < -0.39 is 6.04 Å². The van der Waals surface area contributed by atoms with Crippen molar-refractivity contribution < 1.29 is 9.59 Å². The van der Waals surface area contributed by atoms with E-state index in [2.05, 4.69) is 31.4 Å². The van der Waals surface area contributed by atoms with Crippen molar-refractivity contribution in [2.45, 2.75) is 25.8 Å². The molecule has 1 unspecified atom stereocenters. The highest BCUT2D eigenvalue weighted by molar-refractivity contribution is 9.10. The van der Waals surface area contributed by atoms with E-state index in [1.807, 2.05) is 24.3 Å². The molecule has 23 heavy (non-hydrogen) atoms. The van der Waals surface area contributed by atoms with Crippen molar-refractivity contribution in [3.8, 4) is 10.6 Å². The molecule has 0 bridgehead atoms. The maximum absolute atomic E-state index is 12.4. The van der Waals surface area contributed by atoms with E-state index in [1.165, 1.54) is 18.3 Å². The second-order valence-electron chi connectivity index (χ2n) is 5.28. The van der Waals surface area contributed by atoms with Crippen molar-refractivity contribution >= 4 is 44.2 Å². The Balaban J connectivity index is 1.72. The van der Waals surface area contributed by atoms with Gasteiger partial charge in [0.15, 0.2) is 0 Å². The number of likely N-dealkylation sites (tertiary alicyclic amines) is 1. The minimum absolute atomic E-state index is 0.0743. The smallest absolute Gasteiger partial charge is 0.249 e. The standard InChI is InChI=1S/C15H15BrN4O2S/c1-9(21)20-7-3-6-12(20)13(22)17-15-19-18-14(23-15)10-4-2-5-11(16)8-10/h2,4-5,8,12H,3,6-7H2,1H3,(H,17,19,22). The van der Waals surface area contributed by atoms with Crippen LogP contribution >= 0.6 is 27.3 Å². The molecule has 120 valence electrons. The highest BCUT2D eigenvalue weighted by atomic mass is 79.9. The Morgan fingerprint density at radius 2 is 2.22 bits per heavy atom. The number of hydrogen-bond donors (Lipinski definition) is 1. The minimum Gasteiger partial charge on any atom is -0.331 e. The Bertz CT molecular complexity index is 749. The number of carbonyl (C=O) groups is 2. The number of amides is 2. The van der Waals surface area contributed by atoms with Gasteiger partial charge in [0, 0.05) is 23.5 Å². The van der Waals surface area contributed by atoms with Crippen molar-refractivity contribution in [1.29, 1.82) is 0 Å². The van der Waals surface area contributed by atoms with Gasteiger partial charge in [0.2, 0.25) is 16.9 Å². The van der Waals surface area contributed by atoms with E-state index in [-0.39, 0.29) is 11.8 Å². The molecule has 0 radical (unpaired) electrons. The summed E-state index contributed by atoms with van der Waals surface area (Å²) in [5.41, 5.74) is 0.934. The van der Waals surface area contributed by atoms with E-state index in [0.29, 0.717) is 18.1 Å². The van der Waals surface area contributed by atoms with Crippen LogP contribution in [0.5, 0.6) is 0 Å². The summed E-state index contributed by atoms with van der Waals surface area (Å²) in [7, 11) is 0. The lowest BCUT2D eigenvalue weighted by Crippen LogP contribution is -2.42. The van der Waals surface area contributed by atoms with Gasteiger partial charge in [0.1, 0.15) is 11.0 Å². The molecule has 0 saturated carbocycles. The fourth-order valence-corrected chi connectivity index (χ4v) is 3.76. The molecule has 1 N–H and O–H groups in total. The first-order valence-electron chi connectivity index (χ1n) is 7.22. The molecule has 1 fully saturated rings. The third-order valence-electron chi connectivity index (χ3n) is 3.69. The lowest BCUT2D eigenvalue weighted by molar-refractivity contribution is -0.134. The number of halogens is 1. The second kappa shape index (κ2) is 6.76. The van der Waals surface area contributed by atoms with Gasteiger partial charge < -0.3 is 4.90 Å². The van der Waals surface area contributed by atoms with Crippen LogP contribution in [0.15, 0.2) is 28.7 Å². The van der Waals surface area contributed by atoms with Crippen LogP contribution in [0.2, 0.25) is 0 Å². The molecule has 8 heteroatoms. The maximum Gasteiger partial charge on any atom is 0.249 e. The molecule has 1 saturated heterocycles. The van der Waals surface area contributed by atoms with Crippen molar-refractivity contribution in [2.75, 3.05) is 11.9 Å². The van der Waals surface area contributed by atoms with Crippen LogP contribution in [0.1, 0.15) is 19.8 Å². The van der Waals surface area contributed by atoms with Gasteiger partial charge in [-0.1, -0.05) is 39.4 Å². The van der Waals surface area contributed by atoms with Crippen LogP contribution in [0, 0.1) is 0 Å². The summed E-state index contributed by atoms with van der Waals surface area (Å²) >= 11 is 4.73. The zero-order valence-corrected chi connectivity index (χ0v) is 14.9. The summed E-state index contributed by atoms with van der Waals surface area (Å²) < 4.78 is 0.957. The Morgan fingerprint density at radius 3 is 2.96 bits per heavy atom. The van der Waals surface area contributed by atoms with Crippen molar-refractivity contribution in [3.63, 3.8) is 0 Å². The van der Waals surface area contributed by atoms with E-state index in [1.54, 1.807) is 4.90 Å². The quantitative estimate of drug-likeness (QED) is 0.867. The van der Waals surface area contributed by atoms with Crippen LogP contribution < -0.4 is 5.32 Å². The summed E-state index contributed by atoms with van der Waals surface area (Å²) in [4.78, 5) is 25.5. The molecule has 1 aromatic heterocycles. The van der Waals surface area contributed by atoms with Gasteiger partial charge in [0.25, 0.3) is 0 Å². The summed E-state index contributed by atoms with van der Waals surface area (Å²) in [6, 6.07) is 7.32. The highest BCUT2D eigenvalue weighted by Gasteiger charge is 2.32. The van der Waals surface area contributed by atoms with Crippen LogP contribution in [-0.2, 0) is 9.59 Å². The summed E-state index contributed by atoms with van der Waals surface area (Å²) in [6.45, 7) is 2.12. The lowest BCUT2D eigenvalue weighted by Gasteiger charge is -2.21. The molecule has 0 aliphatic carbocycles. The molecule has 3 rings (SSSR count). The molecule has 2 amide bonds. The Labute approximate surface area is 146 Å². The first kappa shape index (κ1) is 16.1. The average molecular weight is 395 g/mol. The normalized spacial score (nSPS) is 17.3. The fourth-order valence-electron chi connectivity index (χ4n) is 2.62. The van der Waals surface area contributed by atoms with Crippen molar-refractivity contribution in [2.24, 2.45) is 0 Å². The zero-order valence-electron chi connectivity index (χ0n) is 12.5. The van der Waals surface area contributed by atoms with Crippen molar-refractivity contribution in [1.82, 2.24) is 15.1 Å². The number of rotatable bonds is 3. The number of aromatic nitrogens is 2. The van der Waals surface area contributed by atoms with Crippen LogP contribution in [-0.4, -0.2) is 39.5 Å². The molecular weight excluding hydrogens is 380 g/mol. The molecule has 1 aliphatic heterocycles. The fraction of sp³-hybridized carbons (Fsp3) is 0.333. The minimum atomic E-state index is -0.411. The van der Waals surface area contributed by atoms with E-state index >= 15 is 0 Å². The monoisotopic (exact) mass is 394 g/mol. The number of carbonyl (C=O) groups excluding carboxylic acids is 2. The number of nitrogens with zero attached hydrogens (tertiary/aromatic N) is 3. The van der Waals surface area contributed by atoms with Crippen LogP contribution in [0.3, 0.4) is 0 Å². The first-order chi connectivity index (χ1) is 11.0. The molecule has 2 aromatic rings. The van der Waals surface area contributed by atoms with Gasteiger partial charge >= 0.3 is 0 Å². The molecular formula is C15H15BrN4O2S. The van der Waals surface area contributed by atoms with E-state index in [4.69, 9.17) is 0 Å². The molecule has 0 spiro atoms.